The van der Waals surface area contributed by atoms with Gasteiger partial charge in [0.1, 0.15) is 12.3 Å². The largest absolute Gasteiger partial charge is 0.469 e. The summed E-state index contributed by atoms with van der Waals surface area (Å²) >= 11 is 0. The highest BCUT2D eigenvalue weighted by Gasteiger charge is 2.16. The van der Waals surface area contributed by atoms with Crippen LogP contribution in [0.5, 0.6) is 0 Å². The molecule has 6 nitrogen and oxygen atoms in total. The Morgan fingerprint density at radius 3 is 2.82 bits per heavy atom. The molecule has 1 aromatic heterocycles. The summed E-state index contributed by atoms with van der Waals surface area (Å²) in [6.45, 7) is 0.887. The van der Waals surface area contributed by atoms with Crippen LogP contribution in [0.3, 0.4) is 0 Å². The summed E-state index contributed by atoms with van der Waals surface area (Å²) in [6.07, 6.45) is 7.32. The highest BCUT2D eigenvalue weighted by molar-refractivity contribution is 5.84. The van der Waals surface area contributed by atoms with Crippen LogP contribution in [0.25, 0.3) is 0 Å². The Balaban J connectivity index is 1.85. The van der Waals surface area contributed by atoms with E-state index in [1.165, 1.54) is 25.7 Å². The average molecular weight is 306 g/mol. The fourth-order valence-corrected chi connectivity index (χ4v) is 2.46. The molecule has 122 valence electrons. The summed E-state index contributed by atoms with van der Waals surface area (Å²) in [5.41, 5.74) is 0. The molecule has 1 saturated carbocycles. The van der Waals surface area contributed by atoms with Crippen LogP contribution in [0, 0.1) is 0 Å². The van der Waals surface area contributed by atoms with Crippen molar-refractivity contribution in [3.63, 3.8) is 0 Å². The van der Waals surface area contributed by atoms with E-state index in [0.29, 0.717) is 12.0 Å². The van der Waals surface area contributed by atoms with E-state index in [1.54, 1.807) is 25.3 Å². The summed E-state index contributed by atoms with van der Waals surface area (Å²) < 4.78 is 5.32. The number of carbonyl (C=O) groups excluding carboxylic acids is 1. The highest BCUT2D eigenvalue weighted by Crippen LogP contribution is 2.17. The van der Waals surface area contributed by atoms with Gasteiger partial charge in [0, 0.05) is 33.1 Å². The molecular weight excluding hydrogens is 280 g/mol. The summed E-state index contributed by atoms with van der Waals surface area (Å²) in [5.74, 6) is 1.66. The van der Waals surface area contributed by atoms with Gasteiger partial charge in [0.25, 0.3) is 0 Å². The van der Waals surface area contributed by atoms with Crippen molar-refractivity contribution in [3.8, 4) is 0 Å². The van der Waals surface area contributed by atoms with Crippen LogP contribution in [0.4, 0.5) is 0 Å². The number of carbonyl (C=O) groups is 1. The van der Waals surface area contributed by atoms with Crippen LogP contribution >= 0.6 is 0 Å². The maximum Gasteiger partial charge on any atom is 0.243 e. The molecule has 0 aliphatic heterocycles. The fraction of sp³-hybridized carbons (Fsp3) is 0.625. The smallest absolute Gasteiger partial charge is 0.243 e. The molecule has 22 heavy (non-hydrogen) atoms. The molecule has 1 heterocycles. The van der Waals surface area contributed by atoms with Gasteiger partial charge in [-0.25, -0.2) is 4.99 Å². The summed E-state index contributed by atoms with van der Waals surface area (Å²) in [4.78, 5) is 17.6. The maximum absolute atomic E-state index is 11.7. The van der Waals surface area contributed by atoms with Crippen molar-refractivity contribution in [2.45, 2.75) is 38.1 Å². The number of nitrogens with zero attached hydrogens (tertiary/aromatic N) is 2. The van der Waals surface area contributed by atoms with Crippen molar-refractivity contribution in [2.75, 3.05) is 27.2 Å². The molecule has 0 unspecified atom stereocenters. The molecule has 0 atom stereocenters. The predicted molar refractivity (Wildman–Crippen MR) is 86.8 cm³/mol. The number of aliphatic imine (C=N–C) groups is 1. The van der Waals surface area contributed by atoms with Crippen molar-refractivity contribution < 1.29 is 9.21 Å². The minimum atomic E-state index is -0.00134. The second kappa shape index (κ2) is 8.46. The second-order valence-electron chi connectivity index (χ2n) is 5.83. The number of nitrogens with one attached hydrogen (secondary N) is 2. The normalized spacial score (nSPS) is 15.8. The Labute approximate surface area is 132 Å². The van der Waals surface area contributed by atoms with Crippen LogP contribution in [-0.2, 0) is 11.2 Å². The third kappa shape index (κ3) is 5.42. The van der Waals surface area contributed by atoms with Crippen LogP contribution in [-0.4, -0.2) is 50.0 Å². The summed E-state index contributed by atoms with van der Waals surface area (Å²) in [6, 6.07) is 4.30. The standard InChI is InChI=1S/C16H26N4O2/c1-20(2)15(21)12-18-16(19-13-6-3-4-7-13)17-10-9-14-8-5-11-22-14/h5,8,11,13H,3-4,6-7,9-10,12H2,1-2H3,(H2,17,18,19). The molecular formula is C16H26N4O2. The summed E-state index contributed by atoms with van der Waals surface area (Å²) in [7, 11) is 3.48. The van der Waals surface area contributed by atoms with Gasteiger partial charge in [-0.15, -0.1) is 0 Å². The molecule has 1 aliphatic carbocycles. The van der Waals surface area contributed by atoms with E-state index in [-0.39, 0.29) is 12.5 Å². The van der Waals surface area contributed by atoms with E-state index in [9.17, 15) is 4.79 Å². The lowest BCUT2D eigenvalue weighted by Gasteiger charge is -2.17. The number of amides is 1. The lowest BCUT2D eigenvalue weighted by molar-refractivity contribution is -0.127. The van der Waals surface area contributed by atoms with Gasteiger partial charge in [-0.1, -0.05) is 12.8 Å². The molecule has 0 spiro atoms. The van der Waals surface area contributed by atoms with Gasteiger partial charge in [-0.3, -0.25) is 4.79 Å². The zero-order chi connectivity index (χ0) is 15.8. The molecule has 1 aromatic rings. The number of likely N-dealkylation sites (N-methyl/N-ethyl adjacent to an activating group) is 1. The zero-order valence-corrected chi connectivity index (χ0v) is 13.5. The summed E-state index contributed by atoms with van der Waals surface area (Å²) in [5, 5.41) is 6.72. The van der Waals surface area contributed by atoms with Gasteiger partial charge in [-0.2, -0.15) is 0 Å². The first kappa shape index (κ1) is 16.4. The predicted octanol–water partition coefficient (Wildman–Crippen LogP) is 1.39. The third-order valence-electron chi connectivity index (χ3n) is 3.81. The van der Waals surface area contributed by atoms with Crippen molar-refractivity contribution in [3.05, 3.63) is 24.2 Å². The van der Waals surface area contributed by atoms with E-state index in [1.807, 2.05) is 12.1 Å². The van der Waals surface area contributed by atoms with Crippen molar-refractivity contribution in [1.29, 1.82) is 0 Å². The lowest BCUT2D eigenvalue weighted by atomic mass is 10.2. The molecule has 2 N–H and O–H groups in total. The second-order valence-corrected chi connectivity index (χ2v) is 5.83. The van der Waals surface area contributed by atoms with E-state index in [4.69, 9.17) is 4.42 Å². The first-order valence-electron chi connectivity index (χ1n) is 7.92. The minimum absolute atomic E-state index is 0.00134. The number of hydrogen-bond donors (Lipinski definition) is 2. The minimum Gasteiger partial charge on any atom is -0.469 e. The number of guanidine groups is 1. The number of rotatable bonds is 6. The Morgan fingerprint density at radius 2 is 2.18 bits per heavy atom. The van der Waals surface area contributed by atoms with Crippen LogP contribution in [0.15, 0.2) is 27.8 Å². The third-order valence-corrected chi connectivity index (χ3v) is 3.81. The molecule has 0 bridgehead atoms. The maximum atomic E-state index is 11.7. The Morgan fingerprint density at radius 1 is 1.41 bits per heavy atom. The van der Waals surface area contributed by atoms with E-state index >= 15 is 0 Å². The molecule has 1 aliphatic rings. The van der Waals surface area contributed by atoms with Gasteiger partial charge in [0.15, 0.2) is 5.96 Å². The van der Waals surface area contributed by atoms with E-state index < -0.39 is 0 Å². The Bertz CT molecular complexity index is 476. The number of furan rings is 1. The molecule has 0 radical (unpaired) electrons. The van der Waals surface area contributed by atoms with Gasteiger partial charge < -0.3 is 20.0 Å². The Hall–Kier alpha value is -1.98. The molecule has 0 aromatic carbocycles. The highest BCUT2D eigenvalue weighted by atomic mass is 16.3. The van der Waals surface area contributed by atoms with Gasteiger partial charge in [-0.05, 0) is 25.0 Å². The van der Waals surface area contributed by atoms with Gasteiger partial charge in [0.2, 0.25) is 5.91 Å². The molecule has 1 fully saturated rings. The molecule has 0 saturated heterocycles. The first-order chi connectivity index (χ1) is 10.6. The van der Waals surface area contributed by atoms with E-state index in [2.05, 4.69) is 15.6 Å². The lowest BCUT2D eigenvalue weighted by Crippen LogP contribution is -2.43. The topological polar surface area (TPSA) is 69.9 Å². The van der Waals surface area contributed by atoms with Crippen LogP contribution < -0.4 is 10.6 Å². The molecule has 2 rings (SSSR count). The first-order valence-corrected chi connectivity index (χ1v) is 7.92. The molecule has 6 heteroatoms. The fourth-order valence-electron chi connectivity index (χ4n) is 2.46. The monoisotopic (exact) mass is 306 g/mol. The zero-order valence-electron chi connectivity index (χ0n) is 13.5. The average Bonchev–Trinajstić information content (AvgIpc) is 3.17. The van der Waals surface area contributed by atoms with E-state index in [0.717, 1.165) is 18.7 Å². The van der Waals surface area contributed by atoms with Crippen molar-refractivity contribution in [2.24, 2.45) is 4.99 Å². The quantitative estimate of drug-likeness (QED) is 0.615. The SMILES string of the molecule is CN(C)C(=O)CN=C(NCCc1ccco1)NC1CCCC1. The van der Waals surface area contributed by atoms with Crippen LogP contribution in [0.1, 0.15) is 31.4 Å². The van der Waals surface area contributed by atoms with Gasteiger partial charge >= 0.3 is 0 Å². The van der Waals surface area contributed by atoms with Crippen molar-refractivity contribution >= 4 is 11.9 Å². The van der Waals surface area contributed by atoms with Crippen molar-refractivity contribution in [1.82, 2.24) is 15.5 Å². The number of hydrogen-bond acceptors (Lipinski definition) is 3. The Kier molecular flexibility index (Phi) is 6.30. The van der Waals surface area contributed by atoms with Gasteiger partial charge in [0.05, 0.1) is 6.26 Å². The molecule has 1 amide bonds. The van der Waals surface area contributed by atoms with Crippen LogP contribution in [0.2, 0.25) is 0 Å².